The monoisotopic (exact) mass is 209 g/mol. The number of fused-ring (bicyclic) bond motifs is 1. The van der Waals surface area contributed by atoms with Crippen LogP contribution in [-0.4, -0.2) is 17.1 Å². The maximum absolute atomic E-state index is 11.4. The third kappa shape index (κ3) is 1.70. The van der Waals surface area contributed by atoms with E-state index in [1.807, 2.05) is 36.0 Å². The number of carbonyl (C=O) groups excluding carboxylic acids is 1. The maximum Gasteiger partial charge on any atom is 0.346 e. The highest BCUT2D eigenvalue weighted by molar-refractivity contribution is 8.03. The molecule has 1 aliphatic heterocycles. The third-order valence-corrected chi connectivity index (χ3v) is 3.00. The van der Waals surface area contributed by atoms with Gasteiger partial charge in [0.25, 0.3) is 0 Å². The van der Waals surface area contributed by atoms with Crippen molar-refractivity contribution >= 4 is 23.9 Å². The van der Waals surface area contributed by atoms with Gasteiger partial charge in [0.05, 0.1) is 6.61 Å². The van der Waals surface area contributed by atoms with E-state index < -0.39 is 0 Å². The molecule has 0 radical (unpaired) electrons. The normalized spacial score (nSPS) is 14.5. The van der Waals surface area contributed by atoms with E-state index in [0.29, 0.717) is 11.5 Å². The first kappa shape index (κ1) is 9.40. The SMILES string of the molecule is CCOC(=O)C1=Cn2cccc2CS1. The van der Waals surface area contributed by atoms with Gasteiger partial charge in [-0.05, 0) is 19.1 Å². The second-order valence-electron chi connectivity index (χ2n) is 2.91. The number of esters is 1. The number of hydrogen-bond donors (Lipinski definition) is 0. The van der Waals surface area contributed by atoms with Crippen molar-refractivity contribution in [2.45, 2.75) is 12.7 Å². The van der Waals surface area contributed by atoms with Gasteiger partial charge in [-0.15, -0.1) is 11.8 Å². The van der Waals surface area contributed by atoms with Gasteiger partial charge in [0.1, 0.15) is 4.91 Å². The number of aromatic nitrogens is 1. The molecule has 0 bridgehead atoms. The molecule has 1 aromatic heterocycles. The Bertz CT molecular complexity index is 381. The summed E-state index contributed by atoms with van der Waals surface area (Å²) in [7, 11) is 0. The van der Waals surface area contributed by atoms with E-state index in [0.717, 1.165) is 5.75 Å². The van der Waals surface area contributed by atoms with Crippen molar-refractivity contribution in [1.82, 2.24) is 4.57 Å². The first-order valence-corrected chi connectivity index (χ1v) is 5.47. The van der Waals surface area contributed by atoms with Gasteiger partial charge in [-0.25, -0.2) is 4.79 Å². The number of ether oxygens (including phenoxy) is 1. The lowest BCUT2D eigenvalue weighted by Crippen LogP contribution is -2.10. The Labute approximate surface area is 86.7 Å². The van der Waals surface area contributed by atoms with Gasteiger partial charge in [0.15, 0.2) is 0 Å². The maximum atomic E-state index is 11.4. The average molecular weight is 209 g/mol. The van der Waals surface area contributed by atoms with Gasteiger partial charge < -0.3 is 9.30 Å². The van der Waals surface area contributed by atoms with E-state index in [2.05, 4.69) is 0 Å². The van der Waals surface area contributed by atoms with Gasteiger partial charge in [-0.1, -0.05) is 0 Å². The highest BCUT2D eigenvalue weighted by atomic mass is 32.2. The summed E-state index contributed by atoms with van der Waals surface area (Å²) in [6, 6.07) is 4.02. The van der Waals surface area contributed by atoms with E-state index >= 15 is 0 Å². The van der Waals surface area contributed by atoms with Crippen LogP contribution in [0.4, 0.5) is 0 Å². The molecule has 0 N–H and O–H groups in total. The summed E-state index contributed by atoms with van der Waals surface area (Å²) < 4.78 is 6.89. The number of thioether (sulfide) groups is 1. The van der Waals surface area contributed by atoms with Crippen LogP contribution < -0.4 is 0 Å². The molecule has 0 aliphatic carbocycles. The number of nitrogens with zero attached hydrogens (tertiary/aromatic N) is 1. The van der Waals surface area contributed by atoms with Crippen molar-refractivity contribution in [1.29, 1.82) is 0 Å². The lowest BCUT2D eigenvalue weighted by Gasteiger charge is -2.13. The molecule has 1 aromatic rings. The number of carbonyl (C=O) groups is 1. The van der Waals surface area contributed by atoms with E-state index in [1.54, 1.807) is 0 Å². The molecule has 2 rings (SSSR count). The van der Waals surface area contributed by atoms with Crippen LogP contribution >= 0.6 is 11.8 Å². The smallest absolute Gasteiger partial charge is 0.346 e. The lowest BCUT2D eigenvalue weighted by molar-refractivity contribution is -0.137. The second kappa shape index (κ2) is 3.92. The van der Waals surface area contributed by atoms with Crippen LogP contribution in [0.1, 0.15) is 12.6 Å². The highest BCUT2D eigenvalue weighted by Crippen LogP contribution is 2.28. The Balaban J connectivity index is 2.20. The van der Waals surface area contributed by atoms with E-state index in [1.165, 1.54) is 17.5 Å². The molecule has 2 heterocycles. The fraction of sp³-hybridized carbons (Fsp3) is 0.300. The summed E-state index contributed by atoms with van der Waals surface area (Å²) in [5, 5.41) is 0. The molecule has 4 heteroatoms. The van der Waals surface area contributed by atoms with Gasteiger partial charge in [-0.3, -0.25) is 0 Å². The van der Waals surface area contributed by atoms with Crippen molar-refractivity contribution in [3.63, 3.8) is 0 Å². The molecule has 0 spiro atoms. The fourth-order valence-electron chi connectivity index (χ4n) is 1.31. The molecule has 14 heavy (non-hydrogen) atoms. The summed E-state index contributed by atoms with van der Waals surface area (Å²) in [4.78, 5) is 12.1. The summed E-state index contributed by atoms with van der Waals surface area (Å²) in [5.41, 5.74) is 1.21. The Kier molecular flexibility index (Phi) is 2.63. The van der Waals surface area contributed by atoms with Crippen LogP contribution in [-0.2, 0) is 15.3 Å². The van der Waals surface area contributed by atoms with Crippen LogP contribution in [0, 0.1) is 0 Å². The minimum Gasteiger partial charge on any atom is -0.462 e. The van der Waals surface area contributed by atoms with E-state index in [4.69, 9.17) is 4.74 Å². The molecular formula is C10H11NO2S. The van der Waals surface area contributed by atoms with Crippen LogP contribution in [0.5, 0.6) is 0 Å². The zero-order chi connectivity index (χ0) is 9.97. The van der Waals surface area contributed by atoms with Crippen molar-refractivity contribution in [2.24, 2.45) is 0 Å². The standard InChI is InChI=1S/C10H11NO2S/c1-2-13-10(12)9-6-11-5-3-4-8(11)7-14-9/h3-6H,2,7H2,1H3. The predicted octanol–water partition coefficient (Wildman–Crippen LogP) is 2.10. The van der Waals surface area contributed by atoms with Crippen molar-refractivity contribution in [2.75, 3.05) is 6.61 Å². The second-order valence-corrected chi connectivity index (χ2v) is 3.93. The Morgan fingerprint density at radius 3 is 3.36 bits per heavy atom. The summed E-state index contributed by atoms with van der Waals surface area (Å²) in [6.07, 6.45) is 3.76. The third-order valence-electron chi connectivity index (χ3n) is 1.98. The molecule has 0 amide bonds. The molecule has 1 aliphatic rings. The first-order valence-electron chi connectivity index (χ1n) is 4.48. The Hall–Kier alpha value is -1.16. The molecule has 0 atom stereocenters. The van der Waals surface area contributed by atoms with Crippen molar-refractivity contribution in [3.8, 4) is 0 Å². The Morgan fingerprint density at radius 2 is 2.57 bits per heavy atom. The van der Waals surface area contributed by atoms with Crippen LogP contribution in [0.15, 0.2) is 23.2 Å². The van der Waals surface area contributed by atoms with Crippen LogP contribution in [0.25, 0.3) is 6.20 Å². The van der Waals surface area contributed by atoms with Gasteiger partial charge in [0.2, 0.25) is 0 Å². The molecule has 0 aromatic carbocycles. The molecule has 74 valence electrons. The van der Waals surface area contributed by atoms with Gasteiger partial charge >= 0.3 is 5.97 Å². The molecule has 0 unspecified atom stereocenters. The molecule has 3 nitrogen and oxygen atoms in total. The van der Waals surface area contributed by atoms with E-state index in [9.17, 15) is 4.79 Å². The minimum atomic E-state index is -0.225. The van der Waals surface area contributed by atoms with Crippen molar-refractivity contribution < 1.29 is 9.53 Å². The predicted molar refractivity (Wildman–Crippen MR) is 56.6 cm³/mol. The fourth-order valence-corrected chi connectivity index (χ4v) is 2.22. The Morgan fingerprint density at radius 1 is 1.71 bits per heavy atom. The van der Waals surface area contributed by atoms with E-state index in [-0.39, 0.29) is 5.97 Å². The van der Waals surface area contributed by atoms with Gasteiger partial charge in [0, 0.05) is 23.8 Å². The topological polar surface area (TPSA) is 31.2 Å². The van der Waals surface area contributed by atoms with Crippen LogP contribution in [0.3, 0.4) is 0 Å². The molecule has 0 fully saturated rings. The average Bonchev–Trinajstić information content (AvgIpc) is 2.64. The number of rotatable bonds is 2. The largest absolute Gasteiger partial charge is 0.462 e. The summed E-state index contributed by atoms with van der Waals surface area (Å²) in [6.45, 7) is 2.24. The molecule has 0 saturated carbocycles. The van der Waals surface area contributed by atoms with Crippen LogP contribution in [0.2, 0.25) is 0 Å². The summed E-state index contributed by atoms with van der Waals surface area (Å²) >= 11 is 1.52. The highest BCUT2D eigenvalue weighted by Gasteiger charge is 2.16. The summed E-state index contributed by atoms with van der Waals surface area (Å²) in [5.74, 6) is 0.606. The van der Waals surface area contributed by atoms with Crippen molar-refractivity contribution in [3.05, 3.63) is 28.9 Å². The zero-order valence-corrected chi connectivity index (χ0v) is 8.71. The quantitative estimate of drug-likeness (QED) is 0.699. The first-order chi connectivity index (χ1) is 6.81. The zero-order valence-electron chi connectivity index (χ0n) is 7.90. The molecule has 0 saturated heterocycles. The minimum absolute atomic E-state index is 0.225. The van der Waals surface area contributed by atoms with Gasteiger partial charge in [-0.2, -0.15) is 0 Å². The number of hydrogen-bond acceptors (Lipinski definition) is 3. The lowest BCUT2D eigenvalue weighted by atomic mass is 10.5. The molecular weight excluding hydrogens is 198 g/mol.